The molecule has 0 spiro atoms. The second-order valence-electron chi connectivity index (χ2n) is 11.3. The highest BCUT2D eigenvalue weighted by Gasteiger charge is 2.32. The van der Waals surface area contributed by atoms with E-state index in [1.54, 1.807) is 18.4 Å². The molecular formula is C31H30F3N9O4S. The topological polar surface area (TPSA) is 159 Å². The highest BCUT2D eigenvalue weighted by molar-refractivity contribution is 7.18. The smallest absolute Gasteiger partial charge is 0.416 e. The Morgan fingerprint density at radius 3 is 2.44 bits per heavy atom. The van der Waals surface area contributed by atoms with Crippen LogP contribution in [0.3, 0.4) is 0 Å². The maximum Gasteiger partial charge on any atom is 0.416 e. The Labute approximate surface area is 275 Å². The van der Waals surface area contributed by atoms with Gasteiger partial charge in [-0.15, -0.1) is 0 Å². The number of carbonyl (C=O) groups excluding carboxylic acids is 2. The number of fused-ring (bicyclic) bond motifs is 2. The number of aromatic hydroxyl groups is 1. The number of aromatic nitrogens is 6. The van der Waals surface area contributed by atoms with Crippen LogP contribution in [0.4, 0.5) is 24.5 Å². The number of carbonyl (C=O) groups is 2. The zero-order chi connectivity index (χ0) is 34.5. The lowest BCUT2D eigenvalue weighted by molar-refractivity contribution is -0.137. The molecule has 250 valence electrons. The first-order valence-corrected chi connectivity index (χ1v) is 15.8. The summed E-state index contributed by atoms with van der Waals surface area (Å²) in [6.07, 6.45) is -2.99. The third-order valence-corrected chi connectivity index (χ3v) is 9.03. The number of rotatable bonds is 6. The number of anilines is 2. The Morgan fingerprint density at radius 1 is 1.04 bits per heavy atom. The first-order valence-electron chi connectivity index (χ1n) is 15.0. The zero-order valence-corrected chi connectivity index (χ0v) is 27.2. The number of amides is 2. The molecule has 1 aliphatic rings. The van der Waals surface area contributed by atoms with Crippen LogP contribution in [0.25, 0.3) is 21.6 Å². The van der Waals surface area contributed by atoms with Gasteiger partial charge in [-0.1, -0.05) is 18.3 Å². The number of pyridine rings is 1. The van der Waals surface area contributed by atoms with E-state index in [0.717, 1.165) is 12.1 Å². The second kappa shape index (κ2) is 12.4. The van der Waals surface area contributed by atoms with Gasteiger partial charge in [0.2, 0.25) is 11.3 Å². The van der Waals surface area contributed by atoms with Crippen molar-refractivity contribution in [2.24, 2.45) is 0 Å². The fourth-order valence-corrected chi connectivity index (χ4v) is 6.50. The Balaban J connectivity index is 1.37. The number of alkyl halides is 3. The number of aryl methyl sites for hydroxylation is 3. The van der Waals surface area contributed by atoms with Gasteiger partial charge in [0, 0.05) is 37.6 Å². The zero-order valence-electron chi connectivity index (χ0n) is 26.3. The van der Waals surface area contributed by atoms with Crippen molar-refractivity contribution in [2.45, 2.75) is 46.8 Å². The maximum absolute atomic E-state index is 14.2. The predicted molar refractivity (Wildman–Crippen MR) is 172 cm³/mol. The van der Waals surface area contributed by atoms with Gasteiger partial charge >= 0.3 is 6.18 Å². The summed E-state index contributed by atoms with van der Waals surface area (Å²) in [6.45, 7) is 7.30. The number of nitrogens with one attached hydrogen (secondary N) is 1. The van der Waals surface area contributed by atoms with Crippen LogP contribution in [0.2, 0.25) is 0 Å². The first-order chi connectivity index (χ1) is 22.8. The SMILES string of the molecule is CCc1c(N2CCN(C(=O)c3ncnc(C)c3O)CC2)c(=O)c2nc3nc(C)sc3nc2n1CC(=O)Nc1ccc(C(F)(F)F)cc1C. The number of nitrogens with zero attached hydrogens (tertiary/aromatic N) is 8. The van der Waals surface area contributed by atoms with Crippen molar-refractivity contribution in [3.05, 3.63) is 68.0 Å². The molecule has 48 heavy (non-hydrogen) atoms. The molecule has 5 heterocycles. The van der Waals surface area contributed by atoms with Crippen LogP contribution >= 0.6 is 11.3 Å². The molecule has 2 N–H and O–H groups in total. The predicted octanol–water partition coefficient (Wildman–Crippen LogP) is 4.00. The number of thiazole rings is 1. The number of hydrogen-bond donors (Lipinski definition) is 2. The van der Waals surface area contributed by atoms with E-state index in [2.05, 4.69) is 25.3 Å². The van der Waals surface area contributed by atoms with E-state index in [4.69, 9.17) is 4.98 Å². The highest BCUT2D eigenvalue weighted by atomic mass is 32.1. The Bertz CT molecular complexity index is 2160. The molecular weight excluding hydrogens is 651 g/mol. The minimum absolute atomic E-state index is 0.0124. The van der Waals surface area contributed by atoms with E-state index in [0.29, 0.717) is 33.3 Å². The van der Waals surface area contributed by atoms with Crippen molar-refractivity contribution in [1.29, 1.82) is 0 Å². The third-order valence-electron chi connectivity index (χ3n) is 8.18. The number of hydrogen-bond acceptors (Lipinski definition) is 11. The number of benzene rings is 1. The van der Waals surface area contributed by atoms with Gasteiger partial charge in [0.05, 0.1) is 16.3 Å². The third kappa shape index (κ3) is 6.00. The molecule has 0 aliphatic carbocycles. The normalized spacial score (nSPS) is 13.8. The van der Waals surface area contributed by atoms with E-state index in [-0.39, 0.29) is 72.3 Å². The summed E-state index contributed by atoms with van der Waals surface area (Å²) in [4.78, 5) is 66.2. The minimum atomic E-state index is -4.52. The lowest BCUT2D eigenvalue weighted by Crippen LogP contribution is -2.50. The molecule has 0 unspecified atom stereocenters. The largest absolute Gasteiger partial charge is 0.504 e. The first kappa shape index (κ1) is 32.7. The molecule has 1 aromatic carbocycles. The molecule has 2 amide bonds. The van der Waals surface area contributed by atoms with Crippen molar-refractivity contribution >= 4 is 56.2 Å². The van der Waals surface area contributed by atoms with Crippen LogP contribution in [-0.2, 0) is 23.9 Å². The molecule has 17 heteroatoms. The molecule has 4 aromatic heterocycles. The summed E-state index contributed by atoms with van der Waals surface area (Å²) in [7, 11) is 0. The van der Waals surface area contributed by atoms with Gasteiger partial charge in [0.15, 0.2) is 33.1 Å². The minimum Gasteiger partial charge on any atom is -0.504 e. The average Bonchev–Trinajstić information content (AvgIpc) is 3.42. The molecule has 0 radical (unpaired) electrons. The van der Waals surface area contributed by atoms with Crippen LogP contribution in [0.1, 0.15) is 44.9 Å². The summed E-state index contributed by atoms with van der Waals surface area (Å²) in [5.74, 6) is -1.30. The molecule has 5 aromatic rings. The molecule has 1 fully saturated rings. The average molecular weight is 682 g/mol. The van der Waals surface area contributed by atoms with Crippen molar-refractivity contribution in [3.63, 3.8) is 0 Å². The van der Waals surface area contributed by atoms with Crippen LogP contribution in [0.15, 0.2) is 29.3 Å². The van der Waals surface area contributed by atoms with Crippen LogP contribution in [-0.4, -0.2) is 77.5 Å². The highest BCUT2D eigenvalue weighted by Crippen LogP contribution is 2.32. The molecule has 0 atom stereocenters. The second-order valence-corrected chi connectivity index (χ2v) is 12.5. The Morgan fingerprint density at radius 2 is 1.77 bits per heavy atom. The van der Waals surface area contributed by atoms with Crippen LogP contribution in [0.5, 0.6) is 5.75 Å². The van der Waals surface area contributed by atoms with Crippen molar-refractivity contribution in [3.8, 4) is 5.75 Å². The summed E-state index contributed by atoms with van der Waals surface area (Å²) in [6, 6.07) is 3.07. The lowest BCUT2D eigenvalue weighted by atomic mass is 10.1. The Hall–Kier alpha value is -5.19. The molecule has 6 rings (SSSR count). The monoisotopic (exact) mass is 681 g/mol. The van der Waals surface area contributed by atoms with Gasteiger partial charge < -0.3 is 24.8 Å². The van der Waals surface area contributed by atoms with E-state index >= 15 is 0 Å². The van der Waals surface area contributed by atoms with Gasteiger partial charge in [-0.2, -0.15) is 13.2 Å². The van der Waals surface area contributed by atoms with Gasteiger partial charge in [-0.05, 0) is 51.0 Å². The summed E-state index contributed by atoms with van der Waals surface area (Å²) in [5, 5.41) is 13.7. The number of halogens is 3. The molecule has 1 aliphatic heterocycles. The van der Waals surface area contributed by atoms with E-state index in [1.165, 1.54) is 35.6 Å². The van der Waals surface area contributed by atoms with Gasteiger partial charge in [-0.25, -0.2) is 24.9 Å². The molecule has 0 saturated carbocycles. The van der Waals surface area contributed by atoms with Gasteiger partial charge in [0.25, 0.3) is 5.91 Å². The molecule has 13 nitrogen and oxygen atoms in total. The summed E-state index contributed by atoms with van der Waals surface area (Å²) >= 11 is 1.29. The van der Waals surface area contributed by atoms with Gasteiger partial charge in [0.1, 0.15) is 18.6 Å². The van der Waals surface area contributed by atoms with Gasteiger partial charge in [-0.3, -0.25) is 14.4 Å². The fourth-order valence-electron chi connectivity index (χ4n) is 5.77. The lowest BCUT2D eigenvalue weighted by Gasteiger charge is -2.37. The standard InChI is InChI=1S/C31H30F3N9O4S/c1-5-20-24(41-8-10-42(11-9-41)30(47)23-25(45)16(3)35-14-36-23)26(46)22-28(40-29-27(39-22)37-17(4)48-29)43(20)13-21(44)38-19-7-6-18(12-15(19)2)31(32,33)34/h6-7,12,14,45H,5,8-11,13H2,1-4H3,(H,38,44). The van der Waals surface area contributed by atoms with Crippen molar-refractivity contribution in [2.75, 3.05) is 36.4 Å². The van der Waals surface area contributed by atoms with Crippen LogP contribution < -0.4 is 15.6 Å². The maximum atomic E-state index is 14.2. The van der Waals surface area contributed by atoms with E-state index in [1.807, 2.05) is 11.8 Å². The summed E-state index contributed by atoms with van der Waals surface area (Å²) in [5.41, 5.74) is 0.690. The van der Waals surface area contributed by atoms with Crippen molar-refractivity contribution in [1.82, 2.24) is 34.4 Å². The Kier molecular flexibility index (Phi) is 8.49. The molecule has 1 saturated heterocycles. The van der Waals surface area contributed by atoms with Crippen LogP contribution in [0, 0.1) is 20.8 Å². The quantitative estimate of drug-likeness (QED) is 0.268. The van der Waals surface area contributed by atoms with E-state index in [9.17, 15) is 32.7 Å². The van der Waals surface area contributed by atoms with E-state index < -0.39 is 29.0 Å². The summed E-state index contributed by atoms with van der Waals surface area (Å²) < 4.78 is 41.3. The number of piperazine rings is 1. The fraction of sp³-hybridized carbons (Fsp3) is 0.355. The van der Waals surface area contributed by atoms with Crippen molar-refractivity contribution < 1.29 is 27.9 Å². The molecule has 0 bridgehead atoms.